The minimum Gasteiger partial charge on any atom is -0.504 e. The highest BCUT2D eigenvalue weighted by molar-refractivity contribution is 8.18. The lowest BCUT2D eigenvalue weighted by atomic mass is 10.2. The molecule has 0 bridgehead atoms. The number of thioether (sulfide) groups is 1. The van der Waals surface area contributed by atoms with E-state index in [1.54, 1.807) is 43.6 Å². The molecule has 2 heterocycles. The molecular weight excluding hydrogens is 362 g/mol. The van der Waals surface area contributed by atoms with Gasteiger partial charge >= 0.3 is 0 Å². The lowest BCUT2D eigenvalue weighted by Gasteiger charge is -2.07. The summed E-state index contributed by atoms with van der Waals surface area (Å²) in [4.78, 5) is 22.8. The molecule has 2 aromatic rings. The highest BCUT2D eigenvalue weighted by Crippen LogP contribution is 2.35. The number of phenolic OH excluding ortho intramolecular Hbond substituents is 1. The molecule has 3 rings (SSSR count). The fourth-order valence-corrected chi connectivity index (χ4v) is 3.29. The second-order valence-corrected chi connectivity index (χ2v) is 6.48. The Morgan fingerprint density at radius 2 is 2.20 bits per heavy atom. The van der Waals surface area contributed by atoms with E-state index < -0.39 is 0 Å². The lowest BCUT2D eigenvalue weighted by Crippen LogP contribution is -2.23. The standard InChI is InChI=1S/C17H14ClN3O3S/c1-21-16(23)14(9-10-5-6-12(22)13(8-10)24-2)25-17(21)20-11-4-3-7-19-15(11)18/h3-9,22H,1-2H3/b14-9-,20-17?. The zero-order valence-electron chi connectivity index (χ0n) is 13.4. The molecular formula is C17H14ClN3O3S. The summed E-state index contributed by atoms with van der Waals surface area (Å²) in [7, 11) is 3.12. The van der Waals surface area contributed by atoms with Crippen LogP contribution in [0.4, 0.5) is 5.69 Å². The van der Waals surface area contributed by atoms with Crippen LogP contribution in [-0.2, 0) is 4.79 Å². The van der Waals surface area contributed by atoms with Crippen LogP contribution in [0.1, 0.15) is 5.56 Å². The quantitative estimate of drug-likeness (QED) is 0.654. The van der Waals surface area contributed by atoms with Crippen molar-refractivity contribution >= 4 is 46.2 Å². The number of methoxy groups -OCH3 is 1. The Morgan fingerprint density at radius 1 is 1.40 bits per heavy atom. The van der Waals surface area contributed by atoms with Crippen molar-refractivity contribution in [3.63, 3.8) is 0 Å². The summed E-state index contributed by atoms with van der Waals surface area (Å²) in [5.41, 5.74) is 1.23. The maximum Gasteiger partial charge on any atom is 0.266 e. The van der Waals surface area contributed by atoms with Gasteiger partial charge in [-0.05, 0) is 47.7 Å². The van der Waals surface area contributed by atoms with Crippen LogP contribution in [0.3, 0.4) is 0 Å². The van der Waals surface area contributed by atoms with Gasteiger partial charge in [-0.25, -0.2) is 9.98 Å². The molecule has 0 aliphatic carbocycles. The third-order valence-corrected chi connectivity index (χ3v) is 4.81. The summed E-state index contributed by atoms with van der Waals surface area (Å²) in [6.07, 6.45) is 3.30. The first-order valence-corrected chi connectivity index (χ1v) is 8.43. The van der Waals surface area contributed by atoms with Crippen LogP contribution in [0.15, 0.2) is 46.4 Å². The first-order chi connectivity index (χ1) is 12.0. The number of halogens is 1. The van der Waals surface area contributed by atoms with Crippen molar-refractivity contribution in [1.82, 2.24) is 9.88 Å². The number of hydrogen-bond donors (Lipinski definition) is 1. The molecule has 1 aliphatic rings. The van der Waals surface area contributed by atoms with Gasteiger partial charge in [0.05, 0.1) is 12.0 Å². The number of ether oxygens (including phenoxy) is 1. The Kier molecular flexibility index (Phi) is 4.96. The molecule has 1 fully saturated rings. The summed E-state index contributed by atoms with van der Waals surface area (Å²) < 4.78 is 5.08. The number of aliphatic imine (C=N–C) groups is 1. The van der Waals surface area contributed by atoms with E-state index in [-0.39, 0.29) is 16.8 Å². The van der Waals surface area contributed by atoms with E-state index >= 15 is 0 Å². The summed E-state index contributed by atoms with van der Waals surface area (Å²) in [5, 5.41) is 10.4. The molecule has 0 unspecified atom stereocenters. The SMILES string of the molecule is COc1cc(/C=C2\SC(=Nc3cccnc3Cl)N(C)C2=O)ccc1O. The number of carbonyl (C=O) groups excluding carboxylic acids is 1. The Morgan fingerprint density at radius 3 is 2.92 bits per heavy atom. The number of pyridine rings is 1. The molecule has 0 saturated carbocycles. The number of benzene rings is 1. The Balaban J connectivity index is 1.92. The van der Waals surface area contributed by atoms with Gasteiger partial charge in [-0.3, -0.25) is 9.69 Å². The monoisotopic (exact) mass is 375 g/mol. The molecule has 1 aliphatic heterocycles. The van der Waals surface area contributed by atoms with Gasteiger partial charge in [0.25, 0.3) is 5.91 Å². The van der Waals surface area contributed by atoms with Crippen LogP contribution >= 0.6 is 23.4 Å². The average molecular weight is 376 g/mol. The van der Waals surface area contributed by atoms with E-state index in [1.165, 1.54) is 29.8 Å². The normalized spacial score (nSPS) is 17.6. The molecule has 25 heavy (non-hydrogen) atoms. The van der Waals surface area contributed by atoms with E-state index in [0.29, 0.717) is 21.5 Å². The number of amidine groups is 1. The van der Waals surface area contributed by atoms with Crippen LogP contribution in [0.2, 0.25) is 5.15 Å². The van der Waals surface area contributed by atoms with E-state index in [1.807, 2.05) is 0 Å². The summed E-state index contributed by atoms with van der Waals surface area (Å²) in [6, 6.07) is 8.33. The zero-order valence-corrected chi connectivity index (χ0v) is 15.0. The molecule has 0 radical (unpaired) electrons. The summed E-state index contributed by atoms with van der Waals surface area (Å²) >= 11 is 7.26. The molecule has 1 amide bonds. The van der Waals surface area contributed by atoms with Gasteiger partial charge in [-0.2, -0.15) is 0 Å². The van der Waals surface area contributed by atoms with Crippen molar-refractivity contribution in [2.45, 2.75) is 0 Å². The number of likely N-dealkylation sites (N-methyl/N-ethyl adjacent to an activating group) is 1. The molecule has 6 nitrogen and oxygen atoms in total. The minimum atomic E-state index is -0.171. The number of rotatable bonds is 3. The van der Waals surface area contributed by atoms with E-state index in [4.69, 9.17) is 16.3 Å². The largest absolute Gasteiger partial charge is 0.504 e. The van der Waals surface area contributed by atoms with Gasteiger partial charge in [0, 0.05) is 13.2 Å². The molecule has 0 spiro atoms. The molecule has 1 aromatic heterocycles. The maximum atomic E-state index is 12.4. The predicted molar refractivity (Wildman–Crippen MR) is 99.3 cm³/mol. The number of aromatic nitrogens is 1. The zero-order chi connectivity index (χ0) is 18.0. The lowest BCUT2D eigenvalue weighted by molar-refractivity contribution is -0.121. The predicted octanol–water partition coefficient (Wildman–Crippen LogP) is 3.68. The van der Waals surface area contributed by atoms with E-state index in [2.05, 4.69) is 9.98 Å². The van der Waals surface area contributed by atoms with Gasteiger partial charge in [0.15, 0.2) is 21.8 Å². The van der Waals surface area contributed by atoms with Crippen molar-refractivity contribution in [3.8, 4) is 11.5 Å². The molecule has 8 heteroatoms. The van der Waals surface area contributed by atoms with Crippen LogP contribution in [0.5, 0.6) is 11.5 Å². The van der Waals surface area contributed by atoms with Crippen molar-refractivity contribution in [2.24, 2.45) is 4.99 Å². The van der Waals surface area contributed by atoms with Crippen molar-refractivity contribution in [2.75, 3.05) is 14.2 Å². The minimum absolute atomic E-state index is 0.0423. The fraction of sp³-hybridized carbons (Fsp3) is 0.118. The van der Waals surface area contributed by atoms with Gasteiger partial charge in [0.2, 0.25) is 0 Å². The number of carbonyl (C=O) groups is 1. The first kappa shape index (κ1) is 17.3. The Bertz CT molecular complexity index is 898. The molecule has 1 saturated heterocycles. The summed E-state index contributed by atoms with van der Waals surface area (Å²) in [6.45, 7) is 0. The third-order valence-electron chi connectivity index (χ3n) is 3.46. The first-order valence-electron chi connectivity index (χ1n) is 7.23. The van der Waals surface area contributed by atoms with Crippen LogP contribution in [-0.4, -0.2) is 40.2 Å². The van der Waals surface area contributed by atoms with Gasteiger partial charge < -0.3 is 9.84 Å². The van der Waals surface area contributed by atoms with Gasteiger partial charge in [-0.1, -0.05) is 17.7 Å². The molecule has 1 aromatic carbocycles. The Labute approximate surface area is 153 Å². The highest BCUT2D eigenvalue weighted by atomic mass is 35.5. The number of nitrogens with zero attached hydrogens (tertiary/aromatic N) is 3. The third kappa shape index (κ3) is 3.62. The second-order valence-electron chi connectivity index (χ2n) is 5.11. The molecule has 128 valence electrons. The van der Waals surface area contributed by atoms with Gasteiger partial charge in [-0.15, -0.1) is 0 Å². The highest BCUT2D eigenvalue weighted by Gasteiger charge is 2.30. The number of aromatic hydroxyl groups is 1. The van der Waals surface area contributed by atoms with Crippen LogP contribution < -0.4 is 4.74 Å². The van der Waals surface area contributed by atoms with Gasteiger partial charge in [0.1, 0.15) is 5.69 Å². The average Bonchev–Trinajstić information content (AvgIpc) is 2.86. The number of hydrogen-bond acceptors (Lipinski definition) is 6. The van der Waals surface area contributed by atoms with Crippen LogP contribution in [0, 0.1) is 0 Å². The Hall–Kier alpha value is -2.51. The molecule has 0 atom stereocenters. The van der Waals surface area contributed by atoms with Crippen molar-refractivity contribution in [3.05, 3.63) is 52.2 Å². The maximum absolute atomic E-state index is 12.4. The van der Waals surface area contributed by atoms with E-state index in [0.717, 1.165) is 5.56 Å². The topological polar surface area (TPSA) is 75.0 Å². The van der Waals surface area contributed by atoms with Crippen molar-refractivity contribution in [1.29, 1.82) is 0 Å². The van der Waals surface area contributed by atoms with Crippen LogP contribution in [0.25, 0.3) is 6.08 Å². The smallest absolute Gasteiger partial charge is 0.266 e. The van der Waals surface area contributed by atoms with E-state index in [9.17, 15) is 9.90 Å². The number of phenols is 1. The molecule has 1 N–H and O–H groups in total. The fourth-order valence-electron chi connectivity index (χ4n) is 2.15. The number of amides is 1. The second kappa shape index (κ2) is 7.16. The van der Waals surface area contributed by atoms with Crippen molar-refractivity contribution < 1.29 is 14.6 Å². The summed E-state index contributed by atoms with van der Waals surface area (Å²) in [5.74, 6) is 0.214.